The van der Waals surface area contributed by atoms with Gasteiger partial charge < -0.3 is 10.1 Å². The van der Waals surface area contributed by atoms with E-state index in [1.54, 1.807) is 0 Å². The highest BCUT2D eigenvalue weighted by Gasteiger charge is 2.15. The van der Waals surface area contributed by atoms with Crippen molar-refractivity contribution in [1.29, 1.82) is 0 Å². The highest BCUT2D eigenvalue weighted by atomic mass is 16.5. The summed E-state index contributed by atoms with van der Waals surface area (Å²) in [5.74, 6) is 0. The van der Waals surface area contributed by atoms with Gasteiger partial charge in [0.1, 0.15) is 0 Å². The summed E-state index contributed by atoms with van der Waals surface area (Å²) in [6.07, 6.45) is 2.42. The highest BCUT2D eigenvalue weighted by Crippen LogP contribution is 2.07. The second kappa shape index (κ2) is 7.20. The van der Waals surface area contributed by atoms with Gasteiger partial charge in [0.15, 0.2) is 0 Å². The van der Waals surface area contributed by atoms with Crippen LogP contribution in [0.1, 0.15) is 33.6 Å². The zero-order valence-electron chi connectivity index (χ0n) is 10.5. The van der Waals surface area contributed by atoms with Gasteiger partial charge in [-0.05, 0) is 26.3 Å². The Labute approximate surface area is 94.2 Å². The number of nitrogens with zero attached hydrogens (tertiary/aromatic N) is 1. The van der Waals surface area contributed by atoms with Crippen LogP contribution in [0, 0.1) is 0 Å². The second-order valence-corrected chi connectivity index (χ2v) is 4.75. The Hall–Kier alpha value is -0.120. The molecule has 0 aromatic heterocycles. The van der Waals surface area contributed by atoms with Gasteiger partial charge in [0, 0.05) is 31.8 Å². The van der Waals surface area contributed by atoms with Gasteiger partial charge in [-0.15, -0.1) is 0 Å². The Kier molecular flexibility index (Phi) is 6.22. The molecule has 1 aliphatic heterocycles. The molecule has 1 atom stereocenters. The van der Waals surface area contributed by atoms with Crippen LogP contribution in [0.15, 0.2) is 0 Å². The Bertz CT molecular complexity index is 154. The quantitative estimate of drug-likeness (QED) is 0.750. The predicted molar refractivity (Wildman–Crippen MR) is 64.2 cm³/mol. The molecule has 0 radical (unpaired) electrons. The number of hydrogen-bond acceptors (Lipinski definition) is 3. The maximum absolute atomic E-state index is 5.46. The summed E-state index contributed by atoms with van der Waals surface area (Å²) in [5.41, 5.74) is 0. The molecule has 0 aromatic rings. The van der Waals surface area contributed by atoms with E-state index >= 15 is 0 Å². The Morgan fingerprint density at radius 1 is 1.20 bits per heavy atom. The van der Waals surface area contributed by atoms with Crippen LogP contribution in [0.5, 0.6) is 0 Å². The largest absolute Gasteiger partial charge is 0.380 e. The van der Waals surface area contributed by atoms with Crippen molar-refractivity contribution >= 4 is 0 Å². The maximum Gasteiger partial charge on any atom is 0.0593 e. The zero-order valence-corrected chi connectivity index (χ0v) is 10.5. The lowest BCUT2D eigenvalue weighted by Gasteiger charge is -2.27. The van der Waals surface area contributed by atoms with Crippen LogP contribution >= 0.6 is 0 Å². The van der Waals surface area contributed by atoms with Crippen LogP contribution in [0.25, 0.3) is 0 Å². The molecule has 1 N–H and O–H groups in total. The molecule has 0 aliphatic carbocycles. The molecule has 15 heavy (non-hydrogen) atoms. The van der Waals surface area contributed by atoms with Crippen LogP contribution in [0.4, 0.5) is 0 Å². The lowest BCUT2D eigenvalue weighted by molar-refractivity contribution is 0.132. The molecule has 0 bridgehead atoms. The normalized spacial score (nSPS) is 21.6. The number of rotatable bonds is 5. The SMILES string of the molecule is CC(C)NCCC(C)N1CCCOCC1. The molecule has 0 amide bonds. The average Bonchev–Trinajstić information content (AvgIpc) is 2.44. The van der Waals surface area contributed by atoms with Crippen molar-refractivity contribution in [2.45, 2.75) is 45.7 Å². The van der Waals surface area contributed by atoms with E-state index in [0.717, 1.165) is 26.3 Å². The minimum Gasteiger partial charge on any atom is -0.380 e. The summed E-state index contributed by atoms with van der Waals surface area (Å²) in [6.45, 7) is 12.0. The van der Waals surface area contributed by atoms with Crippen LogP contribution in [-0.4, -0.2) is 49.8 Å². The maximum atomic E-state index is 5.46. The minimum absolute atomic E-state index is 0.602. The van der Waals surface area contributed by atoms with Crippen molar-refractivity contribution in [3.05, 3.63) is 0 Å². The topological polar surface area (TPSA) is 24.5 Å². The average molecular weight is 214 g/mol. The fraction of sp³-hybridized carbons (Fsp3) is 1.00. The fourth-order valence-corrected chi connectivity index (χ4v) is 1.97. The van der Waals surface area contributed by atoms with E-state index < -0.39 is 0 Å². The summed E-state index contributed by atoms with van der Waals surface area (Å²) >= 11 is 0. The smallest absolute Gasteiger partial charge is 0.0593 e. The fourth-order valence-electron chi connectivity index (χ4n) is 1.97. The molecule has 3 nitrogen and oxygen atoms in total. The molecule has 90 valence electrons. The standard InChI is InChI=1S/C12H26N2O/c1-11(2)13-6-5-12(3)14-7-4-9-15-10-8-14/h11-13H,4-10H2,1-3H3. The lowest BCUT2D eigenvalue weighted by atomic mass is 10.2. The molecular weight excluding hydrogens is 188 g/mol. The Morgan fingerprint density at radius 2 is 2.00 bits per heavy atom. The monoisotopic (exact) mass is 214 g/mol. The number of ether oxygens (including phenoxy) is 1. The summed E-state index contributed by atoms with van der Waals surface area (Å²) in [7, 11) is 0. The van der Waals surface area contributed by atoms with Crippen LogP contribution in [0.2, 0.25) is 0 Å². The first kappa shape index (κ1) is 12.9. The van der Waals surface area contributed by atoms with Gasteiger partial charge in [0.25, 0.3) is 0 Å². The minimum atomic E-state index is 0.602. The van der Waals surface area contributed by atoms with E-state index in [1.807, 2.05) is 0 Å². The summed E-state index contributed by atoms with van der Waals surface area (Å²) in [6, 6.07) is 1.28. The molecular formula is C12H26N2O. The van der Waals surface area contributed by atoms with Gasteiger partial charge in [0.05, 0.1) is 6.61 Å². The van der Waals surface area contributed by atoms with Crippen molar-refractivity contribution in [2.24, 2.45) is 0 Å². The van der Waals surface area contributed by atoms with Gasteiger partial charge in [0.2, 0.25) is 0 Å². The first-order chi connectivity index (χ1) is 7.20. The van der Waals surface area contributed by atoms with Crippen molar-refractivity contribution in [1.82, 2.24) is 10.2 Å². The first-order valence-corrected chi connectivity index (χ1v) is 6.25. The predicted octanol–water partition coefficient (Wildman–Crippen LogP) is 1.49. The summed E-state index contributed by atoms with van der Waals surface area (Å²) in [5, 5.41) is 3.47. The highest BCUT2D eigenvalue weighted by molar-refractivity contribution is 4.70. The van der Waals surface area contributed by atoms with Gasteiger partial charge in [-0.3, -0.25) is 4.90 Å². The molecule has 1 heterocycles. The second-order valence-electron chi connectivity index (χ2n) is 4.75. The van der Waals surface area contributed by atoms with Crippen LogP contribution in [0.3, 0.4) is 0 Å². The molecule has 0 saturated carbocycles. The van der Waals surface area contributed by atoms with Crippen LogP contribution in [-0.2, 0) is 4.74 Å². The Morgan fingerprint density at radius 3 is 2.73 bits per heavy atom. The summed E-state index contributed by atoms with van der Waals surface area (Å²) in [4.78, 5) is 2.55. The summed E-state index contributed by atoms with van der Waals surface area (Å²) < 4.78 is 5.46. The molecule has 1 rings (SSSR count). The molecule has 0 aromatic carbocycles. The van der Waals surface area contributed by atoms with Gasteiger partial charge in [-0.2, -0.15) is 0 Å². The van der Waals surface area contributed by atoms with E-state index in [1.165, 1.54) is 19.4 Å². The third-order valence-electron chi connectivity index (χ3n) is 2.99. The van der Waals surface area contributed by atoms with Crippen LogP contribution < -0.4 is 5.32 Å². The number of nitrogens with one attached hydrogen (secondary N) is 1. The molecule has 0 spiro atoms. The van der Waals surface area contributed by atoms with Gasteiger partial charge >= 0.3 is 0 Å². The molecule has 1 aliphatic rings. The van der Waals surface area contributed by atoms with E-state index in [4.69, 9.17) is 4.74 Å². The molecule has 1 unspecified atom stereocenters. The number of hydrogen-bond donors (Lipinski definition) is 1. The van der Waals surface area contributed by atoms with E-state index in [-0.39, 0.29) is 0 Å². The van der Waals surface area contributed by atoms with Crippen molar-refractivity contribution in [3.8, 4) is 0 Å². The molecule has 3 heteroatoms. The van der Waals surface area contributed by atoms with Gasteiger partial charge in [-0.1, -0.05) is 13.8 Å². The Balaban J connectivity index is 2.16. The van der Waals surface area contributed by atoms with E-state index in [0.29, 0.717) is 12.1 Å². The first-order valence-electron chi connectivity index (χ1n) is 6.25. The molecule has 1 saturated heterocycles. The van der Waals surface area contributed by atoms with Crippen molar-refractivity contribution < 1.29 is 4.74 Å². The third-order valence-corrected chi connectivity index (χ3v) is 2.99. The van der Waals surface area contributed by atoms with Crippen molar-refractivity contribution in [2.75, 3.05) is 32.8 Å². The molecule has 1 fully saturated rings. The van der Waals surface area contributed by atoms with Gasteiger partial charge in [-0.25, -0.2) is 0 Å². The lowest BCUT2D eigenvalue weighted by Crippen LogP contribution is -2.38. The van der Waals surface area contributed by atoms with Crippen molar-refractivity contribution in [3.63, 3.8) is 0 Å². The van der Waals surface area contributed by atoms with E-state index in [2.05, 4.69) is 31.0 Å². The third kappa shape index (κ3) is 5.50. The zero-order chi connectivity index (χ0) is 11.1. The van der Waals surface area contributed by atoms with E-state index in [9.17, 15) is 0 Å².